The second kappa shape index (κ2) is 9.29. The summed E-state index contributed by atoms with van der Waals surface area (Å²) in [4.78, 5) is 32.8. The summed E-state index contributed by atoms with van der Waals surface area (Å²) < 4.78 is 54.9. The van der Waals surface area contributed by atoms with Gasteiger partial charge in [-0.15, -0.1) is 0 Å². The monoisotopic (exact) mass is 504 g/mol. The van der Waals surface area contributed by atoms with Crippen LogP contribution in [0.2, 0.25) is 0 Å². The predicted octanol–water partition coefficient (Wildman–Crippen LogP) is 3.40. The molecular weight excluding hydrogens is 476 g/mol. The number of rotatable bonds is 2. The molecule has 0 unspecified atom stereocenters. The molecule has 0 N–H and O–H groups in total. The molecule has 0 aromatic heterocycles. The second-order valence-corrected chi connectivity index (χ2v) is 9.64. The van der Waals surface area contributed by atoms with E-state index in [9.17, 15) is 27.2 Å². The number of nitrogens with zero attached hydrogens (tertiary/aromatic N) is 4. The normalized spacial score (nSPS) is 22.2. The Labute approximate surface area is 207 Å². The quantitative estimate of drug-likeness (QED) is 0.589. The zero-order chi connectivity index (χ0) is 25.6. The van der Waals surface area contributed by atoms with Crippen LogP contribution in [0.1, 0.15) is 18.1 Å². The van der Waals surface area contributed by atoms with Crippen molar-refractivity contribution in [1.29, 1.82) is 0 Å². The molecule has 2 aromatic carbocycles. The van der Waals surface area contributed by atoms with Crippen molar-refractivity contribution >= 4 is 23.2 Å². The number of halogens is 4. The van der Waals surface area contributed by atoms with Crippen LogP contribution in [-0.4, -0.2) is 73.5 Å². The maximum absolute atomic E-state index is 14.6. The maximum atomic E-state index is 14.6. The average molecular weight is 505 g/mol. The number of piperazine rings is 2. The molecule has 0 spiro atoms. The fraction of sp³-hybridized carbons (Fsp3) is 0.462. The summed E-state index contributed by atoms with van der Waals surface area (Å²) in [6.07, 6.45) is -4.30. The Hall–Kier alpha value is -3.30. The van der Waals surface area contributed by atoms with Gasteiger partial charge in [-0.3, -0.25) is 9.59 Å². The fourth-order valence-corrected chi connectivity index (χ4v) is 5.69. The smallest absolute Gasteiger partial charge is 0.365 e. The molecule has 2 amide bonds. The molecule has 6 nitrogen and oxygen atoms in total. The van der Waals surface area contributed by atoms with Crippen molar-refractivity contribution in [3.63, 3.8) is 0 Å². The number of hydrogen-bond donors (Lipinski definition) is 0. The number of para-hydroxylation sites is 1. The Bertz CT molecular complexity index is 1160. The number of carbonyl (C=O) groups is 2. The minimum atomic E-state index is -4.47. The molecule has 0 aliphatic carbocycles. The van der Waals surface area contributed by atoms with Crippen LogP contribution in [0.4, 0.5) is 28.9 Å². The predicted molar refractivity (Wildman–Crippen MR) is 127 cm³/mol. The first-order valence-electron chi connectivity index (χ1n) is 12.1. The number of alkyl halides is 3. The van der Waals surface area contributed by atoms with Gasteiger partial charge in [-0.25, -0.2) is 4.39 Å². The SMILES string of the molecule is CC(=O)N1CCN(C(=O)[C@@H]2Cc3cc(C(F)(F)F)ccc3N3CCN(c4ccccc4F)C[C@@H]23)CC1. The molecule has 3 aliphatic heterocycles. The molecule has 192 valence electrons. The van der Waals surface area contributed by atoms with Gasteiger partial charge in [0.05, 0.1) is 23.2 Å². The highest BCUT2D eigenvalue weighted by Crippen LogP contribution is 2.41. The summed E-state index contributed by atoms with van der Waals surface area (Å²) in [6, 6.07) is 9.90. The maximum Gasteiger partial charge on any atom is 0.416 e. The van der Waals surface area contributed by atoms with Gasteiger partial charge in [0.15, 0.2) is 0 Å². The largest absolute Gasteiger partial charge is 0.416 e. The third kappa shape index (κ3) is 4.49. The summed E-state index contributed by atoms with van der Waals surface area (Å²) in [7, 11) is 0. The highest BCUT2D eigenvalue weighted by atomic mass is 19.4. The number of anilines is 2. The molecule has 2 fully saturated rings. The van der Waals surface area contributed by atoms with E-state index in [1.165, 1.54) is 19.1 Å². The van der Waals surface area contributed by atoms with E-state index in [-0.39, 0.29) is 30.1 Å². The molecule has 0 saturated carbocycles. The van der Waals surface area contributed by atoms with Crippen LogP contribution >= 0.6 is 0 Å². The first-order chi connectivity index (χ1) is 17.1. The zero-order valence-corrected chi connectivity index (χ0v) is 20.0. The number of hydrogen-bond acceptors (Lipinski definition) is 4. The highest BCUT2D eigenvalue weighted by molar-refractivity contribution is 5.83. The lowest BCUT2D eigenvalue weighted by Gasteiger charge is -2.50. The van der Waals surface area contributed by atoms with Crippen LogP contribution in [-0.2, 0) is 22.2 Å². The van der Waals surface area contributed by atoms with Crippen LogP contribution in [0.3, 0.4) is 0 Å². The van der Waals surface area contributed by atoms with Crippen molar-refractivity contribution in [3.05, 3.63) is 59.4 Å². The number of carbonyl (C=O) groups excluding carboxylic acids is 2. The summed E-state index contributed by atoms with van der Waals surface area (Å²) in [6.45, 7) is 4.43. The topological polar surface area (TPSA) is 47.1 Å². The van der Waals surface area contributed by atoms with Gasteiger partial charge in [-0.2, -0.15) is 13.2 Å². The molecule has 10 heteroatoms. The lowest BCUT2D eigenvalue weighted by molar-refractivity contribution is -0.142. The summed E-state index contributed by atoms with van der Waals surface area (Å²) in [5.74, 6) is -1.11. The average Bonchev–Trinajstić information content (AvgIpc) is 2.87. The van der Waals surface area contributed by atoms with Crippen molar-refractivity contribution in [2.45, 2.75) is 25.6 Å². The summed E-state index contributed by atoms with van der Waals surface area (Å²) in [5.41, 5.74) is 0.926. The Morgan fingerprint density at radius 3 is 2.25 bits per heavy atom. The van der Waals surface area contributed by atoms with Crippen LogP contribution in [0.5, 0.6) is 0 Å². The van der Waals surface area contributed by atoms with Gasteiger partial charge in [0.2, 0.25) is 11.8 Å². The first kappa shape index (κ1) is 24.4. The Balaban J connectivity index is 1.46. The molecule has 3 aliphatic rings. The van der Waals surface area contributed by atoms with Crippen LogP contribution in [0, 0.1) is 11.7 Å². The van der Waals surface area contributed by atoms with E-state index in [1.54, 1.807) is 28.0 Å². The van der Waals surface area contributed by atoms with E-state index >= 15 is 0 Å². The van der Waals surface area contributed by atoms with Crippen LogP contribution in [0.25, 0.3) is 0 Å². The van der Waals surface area contributed by atoms with Crippen molar-refractivity contribution in [1.82, 2.24) is 9.80 Å². The van der Waals surface area contributed by atoms with Crippen LogP contribution < -0.4 is 9.80 Å². The van der Waals surface area contributed by atoms with E-state index < -0.39 is 17.7 Å². The van der Waals surface area contributed by atoms with E-state index in [0.29, 0.717) is 62.8 Å². The van der Waals surface area contributed by atoms with Crippen molar-refractivity contribution in [2.75, 3.05) is 55.6 Å². The van der Waals surface area contributed by atoms with E-state index in [2.05, 4.69) is 0 Å². The van der Waals surface area contributed by atoms with Crippen molar-refractivity contribution < 1.29 is 27.2 Å². The lowest BCUT2D eigenvalue weighted by atomic mass is 9.82. The van der Waals surface area contributed by atoms with Gasteiger partial charge >= 0.3 is 6.18 Å². The van der Waals surface area contributed by atoms with Gasteiger partial charge in [-0.1, -0.05) is 12.1 Å². The third-order valence-corrected chi connectivity index (χ3v) is 7.59. The third-order valence-electron chi connectivity index (χ3n) is 7.59. The van der Waals surface area contributed by atoms with E-state index in [0.717, 1.165) is 12.1 Å². The van der Waals surface area contributed by atoms with Gasteiger partial charge in [0, 0.05) is 58.4 Å². The Morgan fingerprint density at radius 1 is 0.889 bits per heavy atom. The van der Waals surface area contributed by atoms with Crippen molar-refractivity contribution in [2.24, 2.45) is 5.92 Å². The molecule has 2 atom stereocenters. The second-order valence-electron chi connectivity index (χ2n) is 9.64. The minimum absolute atomic E-state index is 0.0487. The standard InChI is InChI=1S/C26H28F4N4O2/c1-17(35)31-8-10-32(11-9-31)25(36)20-15-18-14-19(26(28,29)30)6-7-22(18)34-13-12-33(16-24(20)34)23-5-3-2-4-21(23)27/h2-7,14,20,24H,8-13,15-16H2,1H3/t20-,24+/m1/s1. The molecule has 36 heavy (non-hydrogen) atoms. The lowest BCUT2D eigenvalue weighted by Crippen LogP contribution is -2.62. The van der Waals surface area contributed by atoms with Gasteiger partial charge in [0.25, 0.3) is 0 Å². The molecule has 5 rings (SSSR count). The molecule has 0 bridgehead atoms. The van der Waals surface area contributed by atoms with E-state index in [4.69, 9.17) is 0 Å². The van der Waals surface area contributed by atoms with Gasteiger partial charge < -0.3 is 19.6 Å². The van der Waals surface area contributed by atoms with Gasteiger partial charge in [-0.05, 0) is 42.3 Å². The molecule has 0 radical (unpaired) electrons. The number of fused-ring (bicyclic) bond motifs is 3. The van der Waals surface area contributed by atoms with Gasteiger partial charge in [0.1, 0.15) is 5.82 Å². The van der Waals surface area contributed by atoms with E-state index in [1.807, 2.05) is 9.80 Å². The zero-order valence-electron chi connectivity index (χ0n) is 20.0. The fourth-order valence-electron chi connectivity index (χ4n) is 5.69. The number of benzene rings is 2. The summed E-state index contributed by atoms with van der Waals surface area (Å²) >= 11 is 0. The van der Waals surface area contributed by atoms with Crippen molar-refractivity contribution in [3.8, 4) is 0 Å². The molecule has 2 saturated heterocycles. The Kier molecular flexibility index (Phi) is 6.30. The highest BCUT2D eigenvalue weighted by Gasteiger charge is 2.44. The molecular formula is C26H28F4N4O2. The minimum Gasteiger partial charge on any atom is -0.365 e. The molecule has 3 heterocycles. The number of amides is 2. The summed E-state index contributed by atoms with van der Waals surface area (Å²) in [5, 5.41) is 0. The first-order valence-corrected chi connectivity index (χ1v) is 12.1. The Morgan fingerprint density at radius 2 is 1.58 bits per heavy atom. The molecule has 2 aromatic rings. The van der Waals surface area contributed by atoms with Crippen LogP contribution in [0.15, 0.2) is 42.5 Å².